The zero-order chi connectivity index (χ0) is 20.7. The van der Waals surface area contributed by atoms with E-state index in [1.54, 1.807) is 12.1 Å². The number of sulfone groups is 1. The first-order valence-corrected chi connectivity index (χ1v) is 11.7. The number of nitrogens with zero attached hydrogens (tertiary/aromatic N) is 4. The Hall–Kier alpha value is -3.30. The Morgan fingerprint density at radius 3 is 2.53 bits per heavy atom. The Balaban J connectivity index is 1.69. The molecule has 0 radical (unpaired) electrons. The fraction of sp³-hybridized carbons (Fsp3) is 0.0952. The van der Waals surface area contributed by atoms with E-state index in [0.717, 1.165) is 27.9 Å². The van der Waals surface area contributed by atoms with E-state index in [0.29, 0.717) is 5.82 Å². The van der Waals surface area contributed by atoms with Gasteiger partial charge < -0.3 is 5.32 Å². The lowest BCUT2D eigenvalue weighted by Crippen LogP contribution is -2.05. The molecule has 0 amide bonds. The summed E-state index contributed by atoms with van der Waals surface area (Å²) in [5.41, 5.74) is 2.86. The van der Waals surface area contributed by atoms with Crippen LogP contribution in [0.3, 0.4) is 0 Å². The smallest absolute Gasteiger partial charge is 0.229 e. The molecule has 0 spiro atoms. The molecule has 3 heterocycles. The second kappa shape index (κ2) is 7.19. The third-order valence-electron chi connectivity index (χ3n) is 4.86. The van der Waals surface area contributed by atoms with Gasteiger partial charge in [-0.25, -0.2) is 13.4 Å². The van der Waals surface area contributed by atoms with Gasteiger partial charge in [-0.05, 0) is 47.7 Å². The first-order chi connectivity index (χ1) is 14.6. The number of aryl methyl sites for hydroxylation is 1. The summed E-state index contributed by atoms with van der Waals surface area (Å²) in [4.78, 5) is 4.79. The van der Waals surface area contributed by atoms with E-state index in [2.05, 4.69) is 20.6 Å². The van der Waals surface area contributed by atoms with Crippen molar-refractivity contribution in [1.29, 1.82) is 0 Å². The monoisotopic (exact) mass is 435 g/mol. The highest BCUT2D eigenvalue weighted by Crippen LogP contribution is 2.32. The van der Waals surface area contributed by atoms with Crippen LogP contribution in [0, 0.1) is 0 Å². The molecule has 0 aliphatic heterocycles. The molecule has 0 fully saturated rings. The van der Waals surface area contributed by atoms with Gasteiger partial charge in [0, 0.05) is 5.69 Å². The lowest BCUT2D eigenvalue weighted by molar-refractivity contribution is 0.592. The van der Waals surface area contributed by atoms with Gasteiger partial charge in [0.25, 0.3) is 0 Å². The van der Waals surface area contributed by atoms with Crippen LogP contribution in [0.1, 0.15) is 12.5 Å². The Labute approximate surface area is 176 Å². The van der Waals surface area contributed by atoms with Gasteiger partial charge in [-0.3, -0.25) is 0 Å². The number of nitrogens with one attached hydrogen (secondary N) is 1. The number of hydrogen-bond donors (Lipinski definition) is 1. The number of thiophene rings is 1. The summed E-state index contributed by atoms with van der Waals surface area (Å²) >= 11 is 1.50. The molecule has 9 heteroatoms. The van der Waals surface area contributed by atoms with Gasteiger partial charge in [0.15, 0.2) is 11.5 Å². The number of aromatic nitrogens is 4. The second-order valence-electron chi connectivity index (χ2n) is 6.72. The van der Waals surface area contributed by atoms with Crippen LogP contribution < -0.4 is 5.32 Å². The van der Waals surface area contributed by atoms with Crippen molar-refractivity contribution in [2.45, 2.75) is 23.3 Å². The molecular formula is C21H17N5O2S2. The first-order valence-electron chi connectivity index (χ1n) is 9.36. The average molecular weight is 436 g/mol. The Bertz CT molecular complexity index is 1460. The normalized spacial score (nSPS) is 11.9. The highest BCUT2D eigenvalue weighted by Gasteiger charge is 2.27. The summed E-state index contributed by atoms with van der Waals surface area (Å²) in [6.45, 7) is 2.02. The molecule has 5 rings (SSSR count). The molecule has 150 valence electrons. The minimum absolute atomic E-state index is 0.157. The van der Waals surface area contributed by atoms with Gasteiger partial charge in [0.05, 0.1) is 15.1 Å². The minimum atomic E-state index is -3.87. The summed E-state index contributed by atoms with van der Waals surface area (Å²) in [5, 5.41) is 13.1. The molecule has 0 bridgehead atoms. The van der Waals surface area contributed by atoms with Crippen LogP contribution >= 0.6 is 11.3 Å². The SMILES string of the molecule is CCc1ccc(S(=O)(=O)c2nnn3c2nc(Nc2ccccc2)c2sccc23)cc1. The third kappa shape index (κ3) is 3.03. The Kier molecular flexibility index (Phi) is 4.48. The van der Waals surface area contributed by atoms with Crippen molar-refractivity contribution in [2.24, 2.45) is 0 Å². The van der Waals surface area contributed by atoms with Crippen molar-refractivity contribution in [3.63, 3.8) is 0 Å². The Morgan fingerprint density at radius 2 is 1.80 bits per heavy atom. The van der Waals surface area contributed by atoms with Crippen LogP contribution in [0.15, 0.2) is 76.0 Å². The van der Waals surface area contributed by atoms with E-state index in [-0.39, 0.29) is 15.6 Å². The fourth-order valence-electron chi connectivity index (χ4n) is 3.26. The van der Waals surface area contributed by atoms with Crippen LogP contribution in [0.4, 0.5) is 11.5 Å². The summed E-state index contributed by atoms with van der Waals surface area (Å²) in [6, 6.07) is 18.3. The quantitative estimate of drug-likeness (QED) is 0.438. The molecule has 0 unspecified atom stereocenters. The van der Waals surface area contributed by atoms with E-state index in [9.17, 15) is 8.42 Å². The van der Waals surface area contributed by atoms with E-state index in [1.165, 1.54) is 15.9 Å². The predicted molar refractivity (Wildman–Crippen MR) is 117 cm³/mol. The van der Waals surface area contributed by atoms with Crippen molar-refractivity contribution in [2.75, 3.05) is 5.32 Å². The van der Waals surface area contributed by atoms with Crippen LogP contribution in [-0.4, -0.2) is 28.2 Å². The molecule has 0 saturated carbocycles. The number of hydrogen-bond acceptors (Lipinski definition) is 7. The molecule has 0 aliphatic carbocycles. The molecule has 0 atom stereocenters. The molecule has 2 aromatic carbocycles. The topological polar surface area (TPSA) is 89.2 Å². The number of benzene rings is 2. The summed E-state index contributed by atoms with van der Waals surface area (Å²) in [5.74, 6) is 0.568. The fourth-order valence-corrected chi connectivity index (χ4v) is 5.31. The first kappa shape index (κ1) is 18.7. The lowest BCUT2D eigenvalue weighted by atomic mass is 10.2. The highest BCUT2D eigenvalue weighted by molar-refractivity contribution is 7.91. The van der Waals surface area contributed by atoms with E-state index >= 15 is 0 Å². The number of rotatable bonds is 5. The van der Waals surface area contributed by atoms with Gasteiger partial charge in [0.2, 0.25) is 14.9 Å². The van der Waals surface area contributed by atoms with Gasteiger partial charge in [-0.2, -0.15) is 4.52 Å². The van der Waals surface area contributed by atoms with E-state index in [4.69, 9.17) is 0 Å². The van der Waals surface area contributed by atoms with Crippen molar-refractivity contribution in [3.05, 3.63) is 71.6 Å². The van der Waals surface area contributed by atoms with Crippen LogP contribution in [-0.2, 0) is 16.3 Å². The summed E-state index contributed by atoms with van der Waals surface area (Å²) in [7, 11) is -3.87. The predicted octanol–water partition coefficient (Wildman–Crippen LogP) is 4.48. The molecule has 0 aliphatic rings. The van der Waals surface area contributed by atoms with Gasteiger partial charge in [-0.1, -0.05) is 42.5 Å². The van der Waals surface area contributed by atoms with Crippen molar-refractivity contribution < 1.29 is 8.42 Å². The number of fused-ring (bicyclic) bond motifs is 3. The molecule has 0 saturated heterocycles. The molecule has 5 aromatic rings. The van der Waals surface area contributed by atoms with Crippen molar-refractivity contribution in [3.8, 4) is 0 Å². The van der Waals surface area contributed by atoms with Crippen molar-refractivity contribution in [1.82, 2.24) is 19.8 Å². The summed E-state index contributed by atoms with van der Waals surface area (Å²) in [6.07, 6.45) is 0.835. The van der Waals surface area contributed by atoms with E-state index in [1.807, 2.05) is 60.8 Å². The zero-order valence-corrected chi connectivity index (χ0v) is 17.6. The Morgan fingerprint density at radius 1 is 1.03 bits per heavy atom. The molecule has 30 heavy (non-hydrogen) atoms. The molecule has 3 aromatic heterocycles. The van der Waals surface area contributed by atoms with Gasteiger partial charge in [0.1, 0.15) is 0 Å². The zero-order valence-electron chi connectivity index (χ0n) is 16.0. The number of anilines is 2. The number of para-hydroxylation sites is 1. The van der Waals surface area contributed by atoms with Crippen LogP contribution in [0.5, 0.6) is 0 Å². The largest absolute Gasteiger partial charge is 0.339 e. The molecule has 1 N–H and O–H groups in total. The maximum atomic E-state index is 13.3. The average Bonchev–Trinajstić information content (AvgIpc) is 3.42. The standard InChI is InChI=1S/C21H17N5O2S2/c1-2-14-8-10-16(11-9-14)30(27,28)21-20-23-19(22-15-6-4-3-5-7-15)18-17(12-13-29-18)26(20)25-24-21/h3-13H,2H2,1H3,(H,22,23). The van der Waals surface area contributed by atoms with Gasteiger partial charge >= 0.3 is 0 Å². The second-order valence-corrected chi connectivity index (χ2v) is 9.50. The maximum Gasteiger partial charge on any atom is 0.229 e. The maximum absolute atomic E-state index is 13.3. The van der Waals surface area contributed by atoms with E-state index < -0.39 is 9.84 Å². The van der Waals surface area contributed by atoms with Crippen molar-refractivity contribution >= 4 is 48.5 Å². The van der Waals surface area contributed by atoms with Gasteiger partial charge in [-0.15, -0.1) is 16.4 Å². The van der Waals surface area contributed by atoms with Crippen LogP contribution in [0.25, 0.3) is 15.9 Å². The van der Waals surface area contributed by atoms with Crippen LogP contribution in [0.2, 0.25) is 0 Å². The molecule has 7 nitrogen and oxygen atoms in total. The summed E-state index contributed by atoms with van der Waals surface area (Å²) < 4.78 is 28.9. The highest BCUT2D eigenvalue weighted by atomic mass is 32.2. The third-order valence-corrected chi connectivity index (χ3v) is 7.43. The molecular weight excluding hydrogens is 418 g/mol. The minimum Gasteiger partial charge on any atom is -0.339 e. The lowest BCUT2D eigenvalue weighted by Gasteiger charge is -2.08.